The fourth-order valence-corrected chi connectivity index (χ4v) is 6.28. The molecule has 0 atom stereocenters. The molecule has 0 spiro atoms. The Morgan fingerprint density at radius 2 is 0.975 bits per heavy atom. The van der Waals surface area contributed by atoms with Gasteiger partial charge in [-0.05, 0) is 73.1 Å². The van der Waals surface area contributed by atoms with Crippen molar-refractivity contribution in [1.82, 2.24) is 0 Å². The molecular formula is C38H23BO. The van der Waals surface area contributed by atoms with E-state index in [0.717, 1.165) is 38.5 Å². The van der Waals surface area contributed by atoms with Gasteiger partial charge in [0.15, 0.2) is 0 Å². The Morgan fingerprint density at radius 3 is 1.68 bits per heavy atom. The minimum Gasteiger partial charge on any atom is -0.456 e. The number of fused-ring (bicyclic) bond motifs is 5. The molecule has 0 aliphatic rings. The molecule has 8 rings (SSSR count). The largest absolute Gasteiger partial charge is 0.456 e. The molecule has 0 saturated carbocycles. The van der Waals surface area contributed by atoms with E-state index in [0.29, 0.717) is 0 Å². The third kappa shape index (κ3) is 3.50. The van der Waals surface area contributed by atoms with Gasteiger partial charge in [0, 0.05) is 10.8 Å². The molecule has 1 heterocycles. The van der Waals surface area contributed by atoms with E-state index in [2.05, 4.69) is 115 Å². The van der Waals surface area contributed by atoms with Crippen LogP contribution in [-0.2, 0) is 0 Å². The highest BCUT2D eigenvalue weighted by atomic mass is 16.3. The predicted octanol–water partition coefficient (Wildman–Crippen LogP) is 9.69. The summed E-state index contributed by atoms with van der Waals surface area (Å²) < 4.78 is 6.20. The SMILES string of the molecule is [B]c1ccc2oc3cccc(-c4cccc(-c5c6ccccc6c(-c6ccccc6)c6ccccc56)c4)c3c2c1. The zero-order valence-corrected chi connectivity index (χ0v) is 21.8. The summed E-state index contributed by atoms with van der Waals surface area (Å²) in [6.07, 6.45) is 0. The Balaban J connectivity index is 1.43. The maximum absolute atomic E-state index is 6.20. The fraction of sp³-hybridized carbons (Fsp3) is 0. The first-order chi connectivity index (χ1) is 19.8. The molecule has 8 aromatic rings. The van der Waals surface area contributed by atoms with Crippen LogP contribution in [0.25, 0.3) is 76.9 Å². The first-order valence-electron chi connectivity index (χ1n) is 13.6. The van der Waals surface area contributed by atoms with Gasteiger partial charge >= 0.3 is 0 Å². The van der Waals surface area contributed by atoms with Crippen molar-refractivity contribution in [2.45, 2.75) is 0 Å². The summed E-state index contributed by atoms with van der Waals surface area (Å²) >= 11 is 0. The van der Waals surface area contributed by atoms with E-state index in [1.807, 2.05) is 24.3 Å². The molecule has 0 amide bonds. The van der Waals surface area contributed by atoms with Gasteiger partial charge in [-0.25, -0.2) is 0 Å². The number of rotatable bonds is 3. The monoisotopic (exact) mass is 506 g/mol. The van der Waals surface area contributed by atoms with Gasteiger partial charge in [-0.1, -0.05) is 127 Å². The predicted molar refractivity (Wildman–Crippen MR) is 170 cm³/mol. The number of furan rings is 1. The van der Waals surface area contributed by atoms with Crippen LogP contribution >= 0.6 is 0 Å². The van der Waals surface area contributed by atoms with E-state index < -0.39 is 0 Å². The normalized spacial score (nSPS) is 11.6. The highest BCUT2D eigenvalue weighted by molar-refractivity contribution is 6.34. The third-order valence-electron chi connectivity index (χ3n) is 7.98. The van der Waals surface area contributed by atoms with Crippen LogP contribution in [0.15, 0.2) is 144 Å². The Kier molecular flexibility index (Phi) is 5.15. The van der Waals surface area contributed by atoms with Crippen molar-refractivity contribution in [1.29, 1.82) is 0 Å². The summed E-state index contributed by atoms with van der Waals surface area (Å²) in [4.78, 5) is 0. The summed E-state index contributed by atoms with van der Waals surface area (Å²) in [6, 6.07) is 49.3. The Bertz CT molecular complexity index is 2170. The molecule has 2 radical (unpaired) electrons. The highest BCUT2D eigenvalue weighted by Crippen LogP contribution is 2.44. The van der Waals surface area contributed by atoms with Crippen molar-refractivity contribution in [3.8, 4) is 33.4 Å². The first kappa shape index (κ1) is 22.9. The quantitative estimate of drug-likeness (QED) is 0.172. The summed E-state index contributed by atoms with van der Waals surface area (Å²) in [7, 11) is 6.18. The number of hydrogen-bond acceptors (Lipinski definition) is 1. The lowest BCUT2D eigenvalue weighted by molar-refractivity contribution is 0.669. The zero-order chi connectivity index (χ0) is 26.6. The van der Waals surface area contributed by atoms with E-state index in [9.17, 15) is 0 Å². The van der Waals surface area contributed by atoms with Crippen LogP contribution in [0.4, 0.5) is 0 Å². The Hall–Kier alpha value is -5.08. The average Bonchev–Trinajstić information content (AvgIpc) is 3.38. The average molecular weight is 506 g/mol. The standard InChI is InChI=1S/C38H23BO/c39-27-20-21-34-33(23-27)38-28(18-9-19-35(38)40-34)25-12-8-13-26(22-25)37-31-16-6-4-14-29(31)36(24-10-2-1-3-11-24)30-15-5-7-17-32(30)37/h1-23H. The lowest BCUT2D eigenvalue weighted by Gasteiger charge is -2.18. The maximum Gasteiger partial charge on any atom is 0.136 e. The molecule has 0 unspecified atom stereocenters. The van der Waals surface area contributed by atoms with Crippen LogP contribution in [0.2, 0.25) is 0 Å². The molecule has 1 nitrogen and oxygen atoms in total. The second kappa shape index (κ2) is 9.00. The van der Waals surface area contributed by atoms with Crippen molar-refractivity contribution >= 4 is 56.8 Å². The summed E-state index contributed by atoms with van der Waals surface area (Å²) in [5, 5.41) is 7.14. The van der Waals surface area contributed by atoms with Crippen LogP contribution in [-0.4, -0.2) is 7.85 Å². The number of hydrogen-bond donors (Lipinski definition) is 0. The second-order valence-corrected chi connectivity index (χ2v) is 10.3. The fourth-order valence-electron chi connectivity index (χ4n) is 6.28. The molecule has 2 heteroatoms. The van der Waals surface area contributed by atoms with E-state index in [-0.39, 0.29) is 0 Å². The van der Waals surface area contributed by atoms with Crippen LogP contribution < -0.4 is 5.46 Å². The van der Waals surface area contributed by atoms with Crippen molar-refractivity contribution < 1.29 is 4.42 Å². The Morgan fingerprint density at radius 1 is 0.400 bits per heavy atom. The van der Waals surface area contributed by atoms with Crippen molar-refractivity contribution in [2.75, 3.05) is 0 Å². The van der Waals surface area contributed by atoms with Crippen molar-refractivity contribution in [3.05, 3.63) is 140 Å². The molecule has 7 aromatic carbocycles. The van der Waals surface area contributed by atoms with Gasteiger partial charge in [-0.2, -0.15) is 0 Å². The molecule has 40 heavy (non-hydrogen) atoms. The van der Waals surface area contributed by atoms with E-state index in [1.165, 1.54) is 43.8 Å². The van der Waals surface area contributed by atoms with Crippen LogP contribution in [0.3, 0.4) is 0 Å². The topological polar surface area (TPSA) is 13.1 Å². The highest BCUT2D eigenvalue weighted by Gasteiger charge is 2.18. The van der Waals surface area contributed by atoms with E-state index >= 15 is 0 Å². The zero-order valence-electron chi connectivity index (χ0n) is 21.8. The van der Waals surface area contributed by atoms with Gasteiger partial charge in [0.25, 0.3) is 0 Å². The molecular weight excluding hydrogens is 483 g/mol. The first-order valence-corrected chi connectivity index (χ1v) is 13.6. The summed E-state index contributed by atoms with van der Waals surface area (Å²) in [5.74, 6) is 0. The van der Waals surface area contributed by atoms with E-state index in [1.54, 1.807) is 0 Å². The van der Waals surface area contributed by atoms with Crippen molar-refractivity contribution in [2.24, 2.45) is 0 Å². The van der Waals surface area contributed by atoms with Gasteiger partial charge in [0.1, 0.15) is 19.0 Å². The van der Waals surface area contributed by atoms with Gasteiger partial charge in [-0.3, -0.25) is 0 Å². The second-order valence-electron chi connectivity index (χ2n) is 10.3. The van der Waals surface area contributed by atoms with Crippen LogP contribution in [0, 0.1) is 0 Å². The molecule has 0 bridgehead atoms. The van der Waals surface area contributed by atoms with Gasteiger partial charge in [0.05, 0.1) is 0 Å². The summed E-state index contributed by atoms with van der Waals surface area (Å²) in [6.45, 7) is 0. The lowest BCUT2D eigenvalue weighted by Crippen LogP contribution is -1.98. The van der Waals surface area contributed by atoms with Gasteiger partial charge in [0.2, 0.25) is 0 Å². The van der Waals surface area contributed by atoms with Crippen molar-refractivity contribution in [3.63, 3.8) is 0 Å². The molecule has 1 aromatic heterocycles. The molecule has 0 saturated heterocycles. The summed E-state index contributed by atoms with van der Waals surface area (Å²) in [5.41, 5.74) is 9.68. The van der Waals surface area contributed by atoms with E-state index in [4.69, 9.17) is 12.3 Å². The molecule has 0 N–H and O–H groups in total. The molecule has 0 fully saturated rings. The minimum atomic E-state index is 0.732. The molecule has 0 aliphatic carbocycles. The minimum absolute atomic E-state index is 0.732. The van der Waals surface area contributed by atoms with Crippen LogP contribution in [0.5, 0.6) is 0 Å². The smallest absolute Gasteiger partial charge is 0.136 e. The third-order valence-corrected chi connectivity index (χ3v) is 7.98. The lowest BCUT2D eigenvalue weighted by atomic mass is 9.85. The number of benzene rings is 7. The Labute approximate surface area is 233 Å². The van der Waals surface area contributed by atoms with Gasteiger partial charge in [-0.15, -0.1) is 0 Å². The molecule has 184 valence electrons. The van der Waals surface area contributed by atoms with Gasteiger partial charge < -0.3 is 4.42 Å². The maximum atomic E-state index is 6.20. The molecule has 0 aliphatic heterocycles. The van der Waals surface area contributed by atoms with Crippen LogP contribution in [0.1, 0.15) is 0 Å².